The second-order valence-electron chi connectivity index (χ2n) is 3.51. The normalized spacial score (nSPS) is 15.0. The summed E-state index contributed by atoms with van der Waals surface area (Å²) >= 11 is 0. The average molecular weight is 236 g/mol. The lowest BCUT2D eigenvalue weighted by atomic mass is 10.3. The number of carbonyl (C=O) groups excluding carboxylic acids is 2. The molecular weight excluding hydrogens is 224 g/mol. The summed E-state index contributed by atoms with van der Waals surface area (Å²) in [5, 5.41) is 10.8. The summed E-state index contributed by atoms with van der Waals surface area (Å²) in [6.07, 6.45) is 0. The molecule has 1 aliphatic heterocycles. The van der Waals surface area contributed by atoms with Gasteiger partial charge in [-0.2, -0.15) is 0 Å². The smallest absolute Gasteiger partial charge is 0.329 e. The van der Waals surface area contributed by atoms with Gasteiger partial charge in [-0.1, -0.05) is 0 Å². The maximum atomic E-state index is 11.4. The van der Waals surface area contributed by atoms with E-state index < -0.39 is 6.03 Å². The van der Waals surface area contributed by atoms with Crippen LogP contribution in [0, 0.1) is 0 Å². The van der Waals surface area contributed by atoms with Crippen LogP contribution in [0.5, 0.6) is 5.75 Å². The number of benzene rings is 1. The van der Waals surface area contributed by atoms with E-state index >= 15 is 0 Å². The number of nitrogens with zero attached hydrogens (tertiary/aromatic N) is 1. The number of aliphatic hydroxyl groups excluding tert-OH is 1. The van der Waals surface area contributed by atoms with Crippen molar-refractivity contribution < 1.29 is 19.4 Å². The minimum atomic E-state index is -0.418. The Morgan fingerprint density at radius 2 is 2.00 bits per heavy atom. The highest BCUT2D eigenvalue weighted by Gasteiger charge is 2.27. The Hall–Kier alpha value is -2.08. The van der Waals surface area contributed by atoms with E-state index in [1.165, 1.54) is 4.90 Å². The number of hydrogen-bond acceptors (Lipinski definition) is 4. The molecular formula is C11H12N2O4. The fraction of sp³-hybridized carbons (Fsp3) is 0.273. The SMILES string of the molecule is O=C1CN(c2ccc(OCCO)cc2)C(=O)N1. The first kappa shape index (κ1) is 11.4. The summed E-state index contributed by atoms with van der Waals surface area (Å²) in [4.78, 5) is 23.7. The predicted octanol–water partition coefficient (Wildman–Crippen LogP) is 0.114. The summed E-state index contributed by atoms with van der Waals surface area (Å²) in [5.74, 6) is 0.296. The van der Waals surface area contributed by atoms with E-state index in [0.717, 1.165) is 0 Å². The fourth-order valence-corrected chi connectivity index (χ4v) is 1.54. The molecule has 3 amide bonds. The van der Waals surface area contributed by atoms with Gasteiger partial charge in [-0.15, -0.1) is 0 Å². The van der Waals surface area contributed by atoms with Gasteiger partial charge in [-0.05, 0) is 24.3 Å². The number of carbonyl (C=O) groups is 2. The molecule has 0 aliphatic carbocycles. The molecule has 0 saturated carbocycles. The molecule has 0 bridgehead atoms. The average Bonchev–Trinajstić information content (AvgIpc) is 2.66. The van der Waals surface area contributed by atoms with Gasteiger partial charge in [-0.25, -0.2) is 4.79 Å². The first-order chi connectivity index (χ1) is 8.20. The third-order valence-corrected chi connectivity index (χ3v) is 2.30. The Balaban J connectivity index is 2.07. The zero-order valence-corrected chi connectivity index (χ0v) is 9.05. The van der Waals surface area contributed by atoms with Gasteiger partial charge in [0, 0.05) is 5.69 Å². The minimum absolute atomic E-state index is 0.0374. The van der Waals surface area contributed by atoms with Crippen molar-refractivity contribution in [2.24, 2.45) is 0 Å². The molecule has 1 aliphatic rings. The molecule has 0 spiro atoms. The molecule has 1 fully saturated rings. The van der Waals surface area contributed by atoms with Crippen LogP contribution in [-0.4, -0.2) is 36.8 Å². The van der Waals surface area contributed by atoms with Gasteiger partial charge in [0.1, 0.15) is 18.9 Å². The summed E-state index contributed by atoms with van der Waals surface area (Å²) < 4.78 is 5.18. The van der Waals surface area contributed by atoms with Crippen LogP contribution in [0.3, 0.4) is 0 Å². The fourth-order valence-electron chi connectivity index (χ4n) is 1.54. The Morgan fingerprint density at radius 1 is 1.29 bits per heavy atom. The van der Waals surface area contributed by atoms with E-state index in [1.54, 1.807) is 24.3 Å². The molecule has 6 nitrogen and oxygen atoms in total. The van der Waals surface area contributed by atoms with Gasteiger partial charge < -0.3 is 9.84 Å². The van der Waals surface area contributed by atoms with Crippen LogP contribution in [0.25, 0.3) is 0 Å². The third kappa shape index (κ3) is 2.54. The van der Waals surface area contributed by atoms with Crippen LogP contribution in [0.1, 0.15) is 0 Å². The quantitative estimate of drug-likeness (QED) is 0.727. The molecule has 0 atom stereocenters. The van der Waals surface area contributed by atoms with Gasteiger partial charge in [0.05, 0.1) is 6.61 Å². The summed E-state index contributed by atoms with van der Waals surface area (Å²) in [6, 6.07) is 6.32. The molecule has 17 heavy (non-hydrogen) atoms. The minimum Gasteiger partial charge on any atom is -0.491 e. The number of ether oxygens (including phenoxy) is 1. The maximum Gasteiger partial charge on any atom is 0.329 e. The maximum absolute atomic E-state index is 11.4. The third-order valence-electron chi connectivity index (χ3n) is 2.30. The van der Waals surface area contributed by atoms with Crippen LogP contribution in [0.2, 0.25) is 0 Å². The molecule has 90 valence electrons. The van der Waals surface area contributed by atoms with Crippen molar-refractivity contribution in [3.63, 3.8) is 0 Å². The highest BCUT2D eigenvalue weighted by molar-refractivity contribution is 6.12. The van der Waals surface area contributed by atoms with Crippen LogP contribution < -0.4 is 15.0 Å². The molecule has 6 heteroatoms. The molecule has 0 aromatic heterocycles. The molecule has 2 N–H and O–H groups in total. The standard InChI is InChI=1S/C11H12N2O4/c14-5-6-17-9-3-1-8(2-4-9)13-7-10(15)12-11(13)16/h1-4,14H,5-7H2,(H,12,15,16). The molecule has 1 aromatic carbocycles. The summed E-state index contributed by atoms with van der Waals surface area (Å²) in [7, 11) is 0. The Kier molecular flexibility index (Phi) is 3.24. The van der Waals surface area contributed by atoms with Crippen molar-refractivity contribution in [1.82, 2.24) is 5.32 Å². The first-order valence-corrected chi connectivity index (χ1v) is 5.16. The number of anilines is 1. The largest absolute Gasteiger partial charge is 0.491 e. The molecule has 1 saturated heterocycles. The van der Waals surface area contributed by atoms with E-state index in [2.05, 4.69) is 5.32 Å². The lowest BCUT2D eigenvalue weighted by molar-refractivity contribution is -0.117. The van der Waals surface area contributed by atoms with Crippen molar-refractivity contribution >= 4 is 17.6 Å². The lowest BCUT2D eigenvalue weighted by Gasteiger charge is -2.13. The van der Waals surface area contributed by atoms with Crippen LogP contribution in [-0.2, 0) is 4.79 Å². The van der Waals surface area contributed by atoms with Gasteiger partial charge in [0.25, 0.3) is 0 Å². The van der Waals surface area contributed by atoms with E-state index in [9.17, 15) is 9.59 Å². The number of amides is 3. The highest BCUT2D eigenvalue weighted by atomic mass is 16.5. The number of rotatable bonds is 4. The number of urea groups is 1. The van der Waals surface area contributed by atoms with Crippen molar-refractivity contribution in [2.75, 3.05) is 24.7 Å². The van der Waals surface area contributed by atoms with E-state index in [-0.39, 0.29) is 25.7 Å². The molecule has 1 aromatic rings. The summed E-state index contributed by atoms with van der Waals surface area (Å²) in [5.41, 5.74) is 0.629. The second-order valence-corrected chi connectivity index (χ2v) is 3.51. The van der Waals surface area contributed by atoms with Crippen LogP contribution in [0.4, 0.5) is 10.5 Å². The van der Waals surface area contributed by atoms with E-state index in [0.29, 0.717) is 11.4 Å². The lowest BCUT2D eigenvalue weighted by Crippen LogP contribution is -2.27. The number of imide groups is 1. The predicted molar refractivity (Wildman–Crippen MR) is 59.9 cm³/mol. The second kappa shape index (κ2) is 4.84. The Labute approximate surface area is 97.8 Å². The van der Waals surface area contributed by atoms with Crippen LogP contribution in [0.15, 0.2) is 24.3 Å². The van der Waals surface area contributed by atoms with Gasteiger partial charge >= 0.3 is 6.03 Å². The monoisotopic (exact) mass is 236 g/mol. The van der Waals surface area contributed by atoms with Gasteiger partial charge in [0.15, 0.2) is 0 Å². The van der Waals surface area contributed by atoms with Crippen molar-refractivity contribution in [1.29, 1.82) is 0 Å². The summed E-state index contributed by atoms with van der Waals surface area (Å²) in [6.45, 7) is 0.211. The van der Waals surface area contributed by atoms with Crippen molar-refractivity contribution in [3.8, 4) is 5.75 Å². The zero-order chi connectivity index (χ0) is 12.3. The van der Waals surface area contributed by atoms with Crippen LogP contribution >= 0.6 is 0 Å². The van der Waals surface area contributed by atoms with E-state index in [1.807, 2.05) is 0 Å². The van der Waals surface area contributed by atoms with Crippen molar-refractivity contribution in [3.05, 3.63) is 24.3 Å². The van der Waals surface area contributed by atoms with Gasteiger partial charge in [-0.3, -0.25) is 15.0 Å². The molecule has 0 unspecified atom stereocenters. The Bertz CT molecular complexity index is 430. The van der Waals surface area contributed by atoms with Gasteiger partial charge in [0.2, 0.25) is 5.91 Å². The Morgan fingerprint density at radius 3 is 2.53 bits per heavy atom. The molecule has 1 heterocycles. The number of nitrogens with one attached hydrogen (secondary N) is 1. The molecule has 2 rings (SSSR count). The zero-order valence-electron chi connectivity index (χ0n) is 9.05. The highest BCUT2D eigenvalue weighted by Crippen LogP contribution is 2.20. The topological polar surface area (TPSA) is 78.9 Å². The molecule has 0 radical (unpaired) electrons. The van der Waals surface area contributed by atoms with Crippen molar-refractivity contribution in [2.45, 2.75) is 0 Å². The number of aliphatic hydroxyl groups is 1. The first-order valence-electron chi connectivity index (χ1n) is 5.16. The van der Waals surface area contributed by atoms with E-state index in [4.69, 9.17) is 9.84 Å². The number of hydrogen-bond donors (Lipinski definition) is 2.